The van der Waals surface area contributed by atoms with Crippen molar-refractivity contribution >= 4 is 50.7 Å². The van der Waals surface area contributed by atoms with Gasteiger partial charge in [-0.25, -0.2) is 0 Å². The number of nitrogens with zero attached hydrogens (tertiary/aromatic N) is 1. The second-order valence-corrected chi connectivity index (χ2v) is 12.5. The molecule has 2 aliphatic rings. The van der Waals surface area contributed by atoms with Crippen LogP contribution in [0.4, 0.5) is 11.4 Å². The van der Waals surface area contributed by atoms with E-state index in [9.17, 15) is 0 Å². The third-order valence-corrected chi connectivity index (χ3v) is 10.1. The van der Waals surface area contributed by atoms with Crippen molar-refractivity contribution in [2.45, 2.75) is 0 Å². The van der Waals surface area contributed by atoms with E-state index in [1.807, 2.05) is 0 Å². The monoisotopic (exact) mass is 581 g/mol. The van der Waals surface area contributed by atoms with Crippen LogP contribution in [0.1, 0.15) is 0 Å². The molecule has 2 heteroatoms. The highest BCUT2D eigenvalue weighted by molar-refractivity contribution is 6.92. The summed E-state index contributed by atoms with van der Waals surface area (Å²) in [4.78, 5) is 2.59. The van der Waals surface area contributed by atoms with E-state index in [0.29, 0.717) is 0 Å². The molecule has 0 radical (unpaired) electrons. The Morgan fingerprint density at radius 2 is 0.739 bits per heavy atom. The smallest absolute Gasteiger partial charge is 0.329 e. The van der Waals surface area contributed by atoms with Gasteiger partial charge < -0.3 is 4.81 Å². The fourth-order valence-electron chi connectivity index (χ4n) is 8.03. The van der Waals surface area contributed by atoms with Crippen LogP contribution in [0.5, 0.6) is 0 Å². The fourth-order valence-corrected chi connectivity index (χ4v) is 8.03. The topological polar surface area (TPSA) is 3.24 Å². The minimum Gasteiger partial charge on any atom is -0.376 e. The van der Waals surface area contributed by atoms with E-state index in [2.05, 4.69) is 175 Å². The van der Waals surface area contributed by atoms with Crippen molar-refractivity contribution in [2.75, 3.05) is 4.81 Å². The Hall–Kier alpha value is -5.86. The van der Waals surface area contributed by atoms with Gasteiger partial charge in [0.25, 0.3) is 0 Å². The quantitative estimate of drug-likeness (QED) is 0.184. The van der Waals surface area contributed by atoms with E-state index in [1.54, 1.807) is 0 Å². The number of benzene rings is 8. The Kier molecular flexibility index (Phi) is 5.44. The first kappa shape index (κ1) is 25.5. The maximum absolute atomic E-state index is 2.59. The van der Waals surface area contributed by atoms with Crippen molar-refractivity contribution in [2.24, 2.45) is 0 Å². The number of hydrogen-bond donors (Lipinski definition) is 0. The molecule has 212 valence electrons. The molecular weight excluding hydrogens is 553 g/mol. The highest BCUT2D eigenvalue weighted by Crippen LogP contribution is 2.48. The van der Waals surface area contributed by atoms with Crippen LogP contribution < -0.4 is 15.7 Å². The molecule has 0 aromatic heterocycles. The van der Waals surface area contributed by atoms with Gasteiger partial charge in [-0.3, -0.25) is 0 Å². The standard InChI is InChI=1S/C44H28BN/c1-3-15-33-29(11-1)13-9-19-35(33)31-23-25-43-39(27-31)37-17-5-7-21-41(37)45-42-22-8-6-18-38(42)40-28-32(24-26-44(40)46(43)45)36-20-10-14-30-12-2-4-16-34(30)36/h1-28H. The Balaban J connectivity index is 1.21. The van der Waals surface area contributed by atoms with Crippen molar-refractivity contribution in [3.8, 4) is 44.5 Å². The summed E-state index contributed by atoms with van der Waals surface area (Å²) in [5.41, 5.74) is 15.4. The predicted octanol–water partition coefficient (Wildman–Crippen LogP) is 10.2. The van der Waals surface area contributed by atoms with Gasteiger partial charge in [0.15, 0.2) is 0 Å². The summed E-state index contributed by atoms with van der Waals surface area (Å²) >= 11 is 0. The van der Waals surface area contributed by atoms with Gasteiger partial charge in [0.1, 0.15) is 0 Å². The van der Waals surface area contributed by atoms with Gasteiger partial charge in [-0.05, 0) is 90.1 Å². The molecule has 2 heterocycles. The molecule has 0 saturated heterocycles. The molecule has 0 N–H and O–H groups in total. The van der Waals surface area contributed by atoms with Crippen LogP contribution in [-0.4, -0.2) is 6.85 Å². The van der Waals surface area contributed by atoms with Gasteiger partial charge in [-0.15, -0.1) is 0 Å². The zero-order chi connectivity index (χ0) is 30.2. The lowest BCUT2D eigenvalue weighted by atomic mass is 9.43. The minimum absolute atomic E-state index is 0.0965. The Bertz CT molecular complexity index is 2330. The molecule has 0 bridgehead atoms. The molecule has 2 aliphatic heterocycles. The highest BCUT2D eigenvalue weighted by atomic mass is 15.1. The predicted molar refractivity (Wildman–Crippen MR) is 197 cm³/mol. The van der Waals surface area contributed by atoms with E-state index < -0.39 is 0 Å². The molecule has 1 nitrogen and oxygen atoms in total. The van der Waals surface area contributed by atoms with Crippen molar-refractivity contribution in [3.63, 3.8) is 0 Å². The summed E-state index contributed by atoms with van der Waals surface area (Å²) in [6.07, 6.45) is 0. The van der Waals surface area contributed by atoms with E-state index in [1.165, 1.54) is 88.4 Å². The van der Waals surface area contributed by atoms with E-state index in [-0.39, 0.29) is 6.85 Å². The van der Waals surface area contributed by atoms with Crippen LogP contribution >= 0.6 is 0 Å². The lowest BCUT2D eigenvalue weighted by Gasteiger charge is -2.43. The molecule has 8 aromatic carbocycles. The summed E-state index contributed by atoms with van der Waals surface area (Å²) in [5.74, 6) is 0. The van der Waals surface area contributed by atoms with Crippen molar-refractivity contribution in [1.82, 2.24) is 0 Å². The lowest BCUT2D eigenvalue weighted by molar-refractivity contribution is 1.35. The number of hydrogen-bond acceptors (Lipinski definition) is 1. The van der Waals surface area contributed by atoms with E-state index in [4.69, 9.17) is 0 Å². The SMILES string of the molecule is c1ccc2c(c1)B1c3ccccc3-c3cc(-c4cccc5ccccc45)ccc3N1c1ccc(-c3cccc4ccccc34)cc1-2. The first-order chi connectivity index (χ1) is 22.8. The van der Waals surface area contributed by atoms with Crippen molar-refractivity contribution in [3.05, 3.63) is 170 Å². The van der Waals surface area contributed by atoms with E-state index >= 15 is 0 Å². The minimum atomic E-state index is 0.0965. The second kappa shape index (κ2) is 9.82. The fraction of sp³-hybridized carbons (Fsp3) is 0. The first-order valence-corrected chi connectivity index (χ1v) is 16.1. The molecule has 0 atom stereocenters. The molecule has 10 rings (SSSR count). The summed E-state index contributed by atoms with van der Waals surface area (Å²) in [5, 5.41) is 5.10. The van der Waals surface area contributed by atoms with Crippen LogP contribution in [-0.2, 0) is 0 Å². The van der Waals surface area contributed by atoms with Gasteiger partial charge in [-0.2, -0.15) is 0 Å². The third-order valence-electron chi connectivity index (χ3n) is 10.1. The maximum Gasteiger partial charge on any atom is 0.329 e. The summed E-state index contributed by atoms with van der Waals surface area (Å²) in [6, 6.07) is 62.8. The molecule has 0 amide bonds. The Labute approximate surface area is 269 Å². The number of fused-ring (bicyclic) bond motifs is 13. The molecule has 0 aliphatic carbocycles. The van der Waals surface area contributed by atoms with Crippen LogP contribution in [0.2, 0.25) is 0 Å². The van der Waals surface area contributed by atoms with Crippen LogP contribution in [0, 0.1) is 0 Å². The molecule has 8 aromatic rings. The summed E-state index contributed by atoms with van der Waals surface area (Å²) in [6.45, 7) is 0.0965. The maximum atomic E-state index is 2.59. The van der Waals surface area contributed by atoms with Crippen molar-refractivity contribution < 1.29 is 0 Å². The molecule has 0 fully saturated rings. The molecule has 0 saturated carbocycles. The average molecular weight is 582 g/mol. The van der Waals surface area contributed by atoms with Crippen LogP contribution in [0.25, 0.3) is 66.1 Å². The third kappa shape index (κ3) is 3.65. The normalized spacial score (nSPS) is 12.7. The Morgan fingerprint density at radius 1 is 0.326 bits per heavy atom. The molecule has 0 unspecified atom stereocenters. The summed E-state index contributed by atoms with van der Waals surface area (Å²) < 4.78 is 0. The van der Waals surface area contributed by atoms with Crippen LogP contribution in [0.15, 0.2) is 170 Å². The number of rotatable bonds is 2. The Morgan fingerprint density at radius 3 is 1.26 bits per heavy atom. The zero-order valence-corrected chi connectivity index (χ0v) is 25.2. The number of anilines is 2. The van der Waals surface area contributed by atoms with Gasteiger partial charge >= 0.3 is 6.85 Å². The zero-order valence-electron chi connectivity index (χ0n) is 25.2. The van der Waals surface area contributed by atoms with Gasteiger partial charge in [-0.1, -0.05) is 146 Å². The molecular formula is C44H28BN. The summed E-state index contributed by atoms with van der Waals surface area (Å²) in [7, 11) is 0. The lowest BCUT2D eigenvalue weighted by Crippen LogP contribution is -2.59. The van der Waals surface area contributed by atoms with E-state index in [0.717, 1.165) is 0 Å². The first-order valence-electron chi connectivity index (χ1n) is 16.1. The largest absolute Gasteiger partial charge is 0.376 e. The van der Waals surface area contributed by atoms with Gasteiger partial charge in [0, 0.05) is 22.5 Å². The average Bonchev–Trinajstić information content (AvgIpc) is 3.13. The van der Waals surface area contributed by atoms with Gasteiger partial charge in [0.05, 0.1) is 0 Å². The van der Waals surface area contributed by atoms with Crippen LogP contribution in [0.3, 0.4) is 0 Å². The van der Waals surface area contributed by atoms with Crippen molar-refractivity contribution in [1.29, 1.82) is 0 Å². The highest BCUT2D eigenvalue weighted by Gasteiger charge is 2.42. The van der Waals surface area contributed by atoms with Gasteiger partial charge in [0.2, 0.25) is 0 Å². The second-order valence-electron chi connectivity index (χ2n) is 12.5. The molecule has 46 heavy (non-hydrogen) atoms. The molecule has 0 spiro atoms.